The van der Waals surface area contributed by atoms with Crippen LogP contribution in [0, 0.1) is 11.8 Å². The highest BCUT2D eigenvalue weighted by Gasteiger charge is 2.41. The van der Waals surface area contributed by atoms with Gasteiger partial charge in [-0.15, -0.1) is 0 Å². The molecule has 1 aliphatic rings. The molecule has 3 N–H and O–H groups in total. The van der Waals surface area contributed by atoms with Gasteiger partial charge in [0.25, 0.3) is 0 Å². The molecule has 0 spiro atoms. The Labute approximate surface area is 106 Å². The molecule has 0 aromatic carbocycles. The van der Waals surface area contributed by atoms with Gasteiger partial charge in [-0.2, -0.15) is 0 Å². The lowest BCUT2D eigenvalue weighted by atomic mass is 9.82. The molecule has 2 amide bonds. The molecule has 1 fully saturated rings. The minimum atomic E-state index is -1.53. The van der Waals surface area contributed by atoms with Crippen LogP contribution in [-0.4, -0.2) is 24.0 Å². The molecule has 18 heavy (non-hydrogen) atoms. The lowest BCUT2D eigenvalue weighted by Crippen LogP contribution is -2.34. The zero-order chi connectivity index (χ0) is 14.1. The zero-order valence-electron chi connectivity index (χ0n) is 10.9. The molecule has 0 aromatic heterocycles. The Hall–Kier alpha value is -1.65. The van der Waals surface area contributed by atoms with Crippen LogP contribution in [0.1, 0.15) is 20.8 Å². The van der Waals surface area contributed by atoms with E-state index in [9.17, 15) is 14.0 Å². The number of alkyl halides is 1. The lowest BCUT2D eigenvalue weighted by Gasteiger charge is -2.23. The third kappa shape index (κ3) is 2.60. The van der Waals surface area contributed by atoms with Crippen LogP contribution in [0.25, 0.3) is 0 Å². The highest BCUT2D eigenvalue weighted by Crippen LogP contribution is 2.33. The van der Waals surface area contributed by atoms with Crippen LogP contribution >= 0.6 is 0 Å². The first-order valence-corrected chi connectivity index (χ1v) is 5.79. The number of hydrogen-bond acceptors (Lipinski definition) is 2. The van der Waals surface area contributed by atoms with Crippen LogP contribution in [-0.2, 0) is 9.59 Å². The molecule has 0 bridgehead atoms. The van der Waals surface area contributed by atoms with Crippen molar-refractivity contribution < 1.29 is 14.0 Å². The van der Waals surface area contributed by atoms with Crippen LogP contribution in [0.15, 0.2) is 23.8 Å². The van der Waals surface area contributed by atoms with Gasteiger partial charge in [0.2, 0.25) is 11.8 Å². The summed E-state index contributed by atoms with van der Waals surface area (Å²) in [6, 6.07) is 0. The summed E-state index contributed by atoms with van der Waals surface area (Å²) < 4.78 is 14.0. The highest BCUT2D eigenvalue weighted by atomic mass is 19.1. The Bertz CT molecular complexity index is 421. The van der Waals surface area contributed by atoms with Crippen molar-refractivity contribution in [1.82, 2.24) is 5.32 Å². The number of carbonyl (C=O) groups excluding carboxylic acids is 2. The van der Waals surface area contributed by atoms with Crippen molar-refractivity contribution in [2.45, 2.75) is 26.4 Å². The number of nitrogens with one attached hydrogen (secondary N) is 1. The van der Waals surface area contributed by atoms with E-state index in [4.69, 9.17) is 5.73 Å². The molecule has 100 valence electrons. The van der Waals surface area contributed by atoms with Crippen LogP contribution in [0.4, 0.5) is 4.39 Å². The van der Waals surface area contributed by atoms with Gasteiger partial charge in [0.1, 0.15) is 11.6 Å². The van der Waals surface area contributed by atoms with Gasteiger partial charge < -0.3 is 11.1 Å². The number of hydrogen-bond donors (Lipinski definition) is 2. The Morgan fingerprint density at radius 1 is 1.61 bits per heavy atom. The molecule has 0 aliphatic carbocycles. The standard InChI is InChI=1S/C13H19FN2O2/c1-5-8(7(2)13(3,4)14)9-6-16-12(18)10(9)11(15)17/h5,9-10H,1,6H2,2-4H3,(H2,15,17)(H,16,18)/b8-7-/t9-,10+/m1/s1. The van der Waals surface area contributed by atoms with Gasteiger partial charge in [-0.05, 0) is 31.9 Å². The molecule has 0 radical (unpaired) electrons. The second-order valence-corrected chi connectivity index (χ2v) is 4.99. The monoisotopic (exact) mass is 254 g/mol. The minimum Gasteiger partial charge on any atom is -0.369 e. The fourth-order valence-electron chi connectivity index (χ4n) is 2.16. The summed E-state index contributed by atoms with van der Waals surface area (Å²) in [5.41, 5.74) is 4.74. The van der Waals surface area contributed by atoms with Gasteiger partial charge in [-0.1, -0.05) is 12.7 Å². The van der Waals surface area contributed by atoms with Crippen LogP contribution < -0.4 is 11.1 Å². The van der Waals surface area contributed by atoms with Crippen molar-refractivity contribution in [3.05, 3.63) is 23.8 Å². The van der Waals surface area contributed by atoms with E-state index in [0.717, 1.165) is 0 Å². The minimum absolute atomic E-state index is 0.279. The first-order valence-electron chi connectivity index (χ1n) is 5.79. The Balaban J connectivity index is 3.22. The molecule has 1 rings (SSSR count). The average Bonchev–Trinajstić information content (AvgIpc) is 2.60. The summed E-state index contributed by atoms with van der Waals surface area (Å²) in [7, 11) is 0. The molecular formula is C13H19FN2O2. The van der Waals surface area contributed by atoms with Gasteiger partial charge in [-0.3, -0.25) is 9.59 Å². The van der Waals surface area contributed by atoms with E-state index in [1.54, 1.807) is 6.92 Å². The van der Waals surface area contributed by atoms with Crippen LogP contribution in [0.5, 0.6) is 0 Å². The maximum Gasteiger partial charge on any atom is 0.233 e. The molecule has 1 aliphatic heterocycles. The number of primary amides is 1. The summed E-state index contributed by atoms with van der Waals surface area (Å²) in [5.74, 6) is -2.49. The van der Waals surface area contributed by atoms with Crippen molar-refractivity contribution in [3.8, 4) is 0 Å². The van der Waals surface area contributed by atoms with Gasteiger partial charge >= 0.3 is 0 Å². The van der Waals surface area contributed by atoms with E-state index in [0.29, 0.717) is 11.1 Å². The molecule has 4 nitrogen and oxygen atoms in total. The molecule has 1 saturated heterocycles. The van der Waals surface area contributed by atoms with Crippen molar-refractivity contribution in [1.29, 1.82) is 0 Å². The largest absolute Gasteiger partial charge is 0.369 e. The number of amides is 2. The van der Waals surface area contributed by atoms with Crippen molar-refractivity contribution in [2.24, 2.45) is 17.6 Å². The zero-order valence-corrected chi connectivity index (χ0v) is 10.9. The maximum absolute atomic E-state index is 14.0. The Morgan fingerprint density at radius 3 is 2.56 bits per heavy atom. The van der Waals surface area contributed by atoms with E-state index in [1.165, 1.54) is 19.9 Å². The number of allylic oxidation sites excluding steroid dienone is 2. The van der Waals surface area contributed by atoms with E-state index in [-0.39, 0.29) is 6.54 Å². The summed E-state index contributed by atoms with van der Waals surface area (Å²) >= 11 is 0. The summed E-state index contributed by atoms with van der Waals surface area (Å²) in [5, 5.41) is 2.58. The number of nitrogens with two attached hydrogens (primary N) is 1. The summed E-state index contributed by atoms with van der Waals surface area (Å²) in [6.07, 6.45) is 1.50. The maximum atomic E-state index is 14.0. The van der Waals surface area contributed by atoms with Gasteiger partial charge in [0.15, 0.2) is 0 Å². The molecule has 0 saturated carbocycles. The van der Waals surface area contributed by atoms with Gasteiger partial charge in [-0.25, -0.2) is 4.39 Å². The fraction of sp³-hybridized carbons (Fsp3) is 0.538. The number of halogens is 1. The Morgan fingerprint density at radius 2 is 2.17 bits per heavy atom. The smallest absolute Gasteiger partial charge is 0.233 e. The number of carbonyl (C=O) groups is 2. The van der Waals surface area contributed by atoms with E-state index >= 15 is 0 Å². The Kier molecular flexibility index (Phi) is 3.94. The van der Waals surface area contributed by atoms with Crippen molar-refractivity contribution >= 4 is 11.8 Å². The predicted octanol–water partition coefficient (Wildman–Crippen LogP) is 1.08. The summed E-state index contributed by atoms with van der Waals surface area (Å²) in [6.45, 7) is 8.41. The molecule has 2 atom stereocenters. The number of rotatable bonds is 4. The fourth-order valence-corrected chi connectivity index (χ4v) is 2.16. The van der Waals surface area contributed by atoms with Crippen LogP contribution in [0.2, 0.25) is 0 Å². The lowest BCUT2D eigenvalue weighted by molar-refractivity contribution is -0.131. The van der Waals surface area contributed by atoms with Crippen LogP contribution in [0.3, 0.4) is 0 Å². The SMILES string of the molecule is C=C/C(=C(\C)C(C)(C)F)[C@H]1CNC(=O)[C@@H]1C(N)=O. The first-order chi connectivity index (χ1) is 8.20. The summed E-state index contributed by atoms with van der Waals surface area (Å²) in [4.78, 5) is 22.9. The van der Waals surface area contributed by atoms with Crippen molar-refractivity contribution in [2.75, 3.05) is 6.54 Å². The second-order valence-electron chi connectivity index (χ2n) is 4.99. The first kappa shape index (κ1) is 14.4. The average molecular weight is 254 g/mol. The molecule has 0 unspecified atom stereocenters. The molecular weight excluding hydrogens is 235 g/mol. The third-order valence-corrected chi connectivity index (χ3v) is 3.43. The topological polar surface area (TPSA) is 72.2 Å². The van der Waals surface area contributed by atoms with E-state index in [1.807, 2.05) is 0 Å². The predicted molar refractivity (Wildman–Crippen MR) is 67.3 cm³/mol. The van der Waals surface area contributed by atoms with E-state index in [2.05, 4.69) is 11.9 Å². The van der Waals surface area contributed by atoms with Gasteiger partial charge in [0, 0.05) is 12.5 Å². The molecule has 1 heterocycles. The normalized spacial score (nSPS) is 25.4. The van der Waals surface area contributed by atoms with Crippen molar-refractivity contribution in [3.63, 3.8) is 0 Å². The van der Waals surface area contributed by atoms with Gasteiger partial charge in [0.05, 0.1) is 0 Å². The highest BCUT2D eigenvalue weighted by molar-refractivity contribution is 6.02. The second kappa shape index (κ2) is 4.92. The quantitative estimate of drug-likeness (QED) is 0.582. The molecule has 0 aromatic rings. The third-order valence-electron chi connectivity index (χ3n) is 3.43. The molecule has 5 heteroatoms. The van der Waals surface area contributed by atoms with E-state index < -0.39 is 29.3 Å².